The van der Waals surface area contributed by atoms with Gasteiger partial charge in [-0.15, -0.1) is 0 Å². The van der Waals surface area contributed by atoms with Gasteiger partial charge >= 0.3 is 0 Å². The van der Waals surface area contributed by atoms with Crippen LogP contribution in [0.15, 0.2) is 4.99 Å². The molecule has 0 unspecified atom stereocenters. The van der Waals surface area contributed by atoms with Gasteiger partial charge in [0.05, 0.1) is 0 Å². The number of likely N-dealkylation sites (tertiary alicyclic amines) is 1. The Kier molecular flexibility index (Phi) is 5.78. The van der Waals surface area contributed by atoms with Gasteiger partial charge < -0.3 is 15.5 Å². The lowest BCUT2D eigenvalue weighted by atomic mass is 10.2. The Hall–Kier alpha value is -0.770. The normalized spacial score (nSPS) is 22.6. The van der Waals surface area contributed by atoms with Crippen LogP contribution in [0, 0.1) is 0 Å². The Balaban J connectivity index is 1.55. The Labute approximate surface area is 111 Å². The molecule has 1 saturated carbocycles. The van der Waals surface area contributed by atoms with Crippen LogP contribution < -0.4 is 10.6 Å². The van der Waals surface area contributed by atoms with E-state index in [1.54, 1.807) is 0 Å². The predicted octanol–water partition coefficient (Wildman–Crippen LogP) is 1.58. The van der Waals surface area contributed by atoms with Gasteiger partial charge in [-0.3, -0.25) is 4.99 Å². The molecule has 0 radical (unpaired) electrons. The smallest absolute Gasteiger partial charge is 0.191 e. The summed E-state index contributed by atoms with van der Waals surface area (Å²) in [5.74, 6) is 0.989. The Morgan fingerprint density at radius 3 is 2.56 bits per heavy atom. The molecule has 18 heavy (non-hydrogen) atoms. The molecule has 2 N–H and O–H groups in total. The maximum atomic E-state index is 4.30. The van der Waals surface area contributed by atoms with E-state index in [9.17, 15) is 0 Å². The third-order valence-corrected chi connectivity index (χ3v) is 4.06. The summed E-state index contributed by atoms with van der Waals surface area (Å²) in [6, 6.07) is 0.648. The number of hydrogen-bond acceptors (Lipinski definition) is 2. The van der Waals surface area contributed by atoms with Crippen LogP contribution in [0.2, 0.25) is 0 Å². The van der Waals surface area contributed by atoms with Crippen LogP contribution in [0.4, 0.5) is 0 Å². The first-order valence-corrected chi connectivity index (χ1v) is 7.58. The van der Waals surface area contributed by atoms with Crippen molar-refractivity contribution in [3.8, 4) is 0 Å². The largest absolute Gasteiger partial charge is 0.356 e. The van der Waals surface area contributed by atoms with Crippen LogP contribution in [0.1, 0.15) is 44.9 Å². The molecule has 0 bridgehead atoms. The molecule has 0 amide bonds. The summed E-state index contributed by atoms with van der Waals surface area (Å²) in [6.45, 7) is 4.86. The van der Waals surface area contributed by atoms with Crippen LogP contribution >= 0.6 is 0 Å². The Morgan fingerprint density at radius 1 is 1.17 bits per heavy atom. The van der Waals surface area contributed by atoms with Crippen molar-refractivity contribution in [1.29, 1.82) is 0 Å². The summed E-state index contributed by atoms with van der Waals surface area (Å²) in [4.78, 5) is 6.87. The van der Waals surface area contributed by atoms with Gasteiger partial charge in [0, 0.05) is 19.6 Å². The molecule has 4 heteroatoms. The highest BCUT2D eigenvalue weighted by Gasteiger charge is 2.15. The Bertz CT molecular complexity index is 253. The molecule has 0 atom stereocenters. The quantitative estimate of drug-likeness (QED) is 0.443. The van der Waals surface area contributed by atoms with Crippen LogP contribution in [-0.2, 0) is 0 Å². The number of rotatable bonds is 5. The minimum absolute atomic E-state index is 0.648. The van der Waals surface area contributed by atoms with Crippen molar-refractivity contribution < 1.29 is 0 Å². The van der Waals surface area contributed by atoms with Crippen molar-refractivity contribution in [2.24, 2.45) is 4.99 Å². The lowest BCUT2D eigenvalue weighted by Gasteiger charge is -2.18. The fourth-order valence-electron chi connectivity index (χ4n) is 2.97. The van der Waals surface area contributed by atoms with Gasteiger partial charge in [-0.2, -0.15) is 0 Å². The Morgan fingerprint density at radius 2 is 1.89 bits per heavy atom. The first kappa shape index (κ1) is 13.7. The molecular weight excluding hydrogens is 224 g/mol. The standard InChI is InChI=1S/C14H28N4/c1-15-14(17-13-7-2-3-8-13)16-9-6-12-18-10-4-5-11-18/h13H,2-12H2,1H3,(H2,15,16,17). The topological polar surface area (TPSA) is 39.7 Å². The van der Waals surface area contributed by atoms with Crippen molar-refractivity contribution in [1.82, 2.24) is 15.5 Å². The van der Waals surface area contributed by atoms with Crippen molar-refractivity contribution in [2.45, 2.75) is 51.0 Å². The van der Waals surface area contributed by atoms with E-state index < -0.39 is 0 Å². The first-order valence-electron chi connectivity index (χ1n) is 7.58. The third-order valence-electron chi connectivity index (χ3n) is 4.06. The molecular formula is C14H28N4. The summed E-state index contributed by atoms with van der Waals surface area (Å²) in [7, 11) is 1.87. The number of nitrogens with zero attached hydrogens (tertiary/aromatic N) is 2. The molecule has 0 aromatic rings. The number of aliphatic imine (C=N–C) groups is 1. The molecule has 0 spiro atoms. The lowest BCUT2D eigenvalue weighted by molar-refractivity contribution is 0.334. The maximum absolute atomic E-state index is 4.30. The number of guanidine groups is 1. The van der Waals surface area contributed by atoms with Gasteiger partial charge in [-0.25, -0.2) is 0 Å². The van der Waals surface area contributed by atoms with Gasteiger partial charge in [0.15, 0.2) is 5.96 Å². The van der Waals surface area contributed by atoms with Crippen LogP contribution in [-0.4, -0.2) is 50.1 Å². The maximum Gasteiger partial charge on any atom is 0.191 e. The van der Waals surface area contributed by atoms with Gasteiger partial charge in [0.1, 0.15) is 0 Å². The molecule has 4 nitrogen and oxygen atoms in total. The van der Waals surface area contributed by atoms with E-state index in [1.807, 2.05) is 7.05 Å². The van der Waals surface area contributed by atoms with Crippen LogP contribution in [0.3, 0.4) is 0 Å². The molecule has 2 fully saturated rings. The second-order valence-electron chi connectivity index (χ2n) is 5.53. The van der Waals surface area contributed by atoms with Crippen molar-refractivity contribution >= 4 is 5.96 Å². The van der Waals surface area contributed by atoms with E-state index in [1.165, 1.54) is 64.6 Å². The van der Waals surface area contributed by atoms with Gasteiger partial charge in [-0.1, -0.05) is 12.8 Å². The highest BCUT2D eigenvalue weighted by atomic mass is 15.2. The van der Waals surface area contributed by atoms with Gasteiger partial charge in [0.2, 0.25) is 0 Å². The minimum atomic E-state index is 0.648. The van der Waals surface area contributed by atoms with Crippen molar-refractivity contribution in [3.05, 3.63) is 0 Å². The van der Waals surface area contributed by atoms with Crippen molar-refractivity contribution in [3.63, 3.8) is 0 Å². The summed E-state index contributed by atoms with van der Waals surface area (Å²) < 4.78 is 0. The van der Waals surface area contributed by atoms with Crippen molar-refractivity contribution in [2.75, 3.05) is 33.2 Å². The molecule has 1 aliphatic carbocycles. The molecule has 0 aromatic carbocycles. The second kappa shape index (κ2) is 7.62. The van der Waals surface area contributed by atoms with E-state index in [0.29, 0.717) is 6.04 Å². The van der Waals surface area contributed by atoms with E-state index in [0.717, 1.165) is 12.5 Å². The van der Waals surface area contributed by atoms with Gasteiger partial charge in [-0.05, 0) is 51.7 Å². The number of nitrogens with one attached hydrogen (secondary N) is 2. The highest BCUT2D eigenvalue weighted by Crippen LogP contribution is 2.17. The SMILES string of the molecule is CN=C(NCCCN1CCCC1)NC1CCCC1. The zero-order chi connectivity index (χ0) is 12.6. The van der Waals surface area contributed by atoms with E-state index in [2.05, 4.69) is 20.5 Å². The summed E-state index contributed by atoms with van der Waals surface area (Å²) in [6.07, 6.45) is 9.32. The number of hydrogen-bond donors (Lipinski definition) is 2. The first-order chi connectivity index (χ1) is 8.88. The fourth-order valence-corrected chi connectivity index (χ4v) is 2.97. The van der Waals surface area contributed by atoms with E-state index >= 15 is 0 Å². The zero-order valence-corrected chi connectivity index (χ0v) is 11.7. The van der Waals surface area contributed by atoms with E-state index in [-0.39, 0.29) is 0 Å². The summed E-state index contributed by atoms with van der Waals surface area (Å²) >= 11 is 0. The van der Waals surface area contributed by atoms with Crippen LogP contribution in [0.5, 0.6) is 0 Å². The highest BCUT2D eigenvalue weighted by molar-refractivity contribution is 5.79. The average Bonchev–Trinajstić information content (AvgIpc) is 3.06. The molecule has 1 aliphatic heterocycles. The summed E-state index contributed by atoms with van der Waals surface area (Å²) in [5, 5.41) is 6.95. The average molecular weight is 252 g/mol. The van der Waals surface area contributed by atoms with E-state index in [4.69, 9.17) is 0 Å². The van der Waals surface area contributed by atoms with Crippen LogP contribution in [0.25, 0.3) is 0 Å². The fraction of sp³-hybridized carbons (Fsp3) is 0.929. The second-order valence-corrected chi connectivity index (χ2v) is 5.53. The monoisotopic (exact) mass is 252 g/mol. The molecule has 1 saturated heterocycles. The zero-order valence-electron chi connectivity index (χ0n) is 11.7. The molecule has 0 aromatic heterocycles. The predicted molar refractivity (Wildman–Crippen MR) is 77.0 cm³/mol. The summed E-state index contributed by atoms with van der Waals surface area (Å²) in [5.41, 5.74) is 0. The molecule has 2 aliphatic rings. The molecule has 1 heterocycles. The third kappa shape index (κ3) is 4.48. The minimum Gasteiger partial charge on any atom is -0.356 e. The lowest BCUT2D eigenvalue weighted by Crippen LogP contribution is -2.43. The molecule has 2 rings (SSSR count). The van der Waals surface area contributed by atoms with Gasteiger partial charge in [0.25, 0.3) is 0 Å². The molecule has 104 valence electrons.